The predicted molar refractivity (Wildman–Crippen MR) is 102 cm³/mol. The van der Waals surface area contributed by atoms with Crippen LogP contribution in [0, 0.1) is 0 Å². The lowest BCUT2D eigenvalue weighted by Crippen LogP contribution is -2.35. The summed E-state index contributed by atoms with van der Waals surface area (Å²) in [4.78, 5) is 41.8. The molecule has 0 aliphatic carbocycles. The van der Waals surface area contributed by atoms with Crippen LogP contribution in [0.5, 0.6) is 0 Å². The second kappa shape index (κ2) is 8.01. The van der Waals surface area contributed by atoms with Gasteiger partial charge in [0.25, 0.3) is 5.56 Å². The number of thiophene rings is 1. The van der Waals surface area contributed by atoms with Crippen molar-refractivity contribution in [3.8, 4) is 0 Å². The number of halogens is 1. The average Bonchev–Trinajstić information content (AvgIpc) is 3.25. The molecule has 142 valence electrons. The molecule has 1 unspecified atom stereocenters. The molecule has 0 aliphatic heterocycles. The Morgan fingerprint density at radius 3 is 2.89 bits per heavy atom. The molecule has 0 saturated carbocycles. The first-order valence-electron chi connectivity index (χ1n) is 7.88. The topological polar surface area (TPSA) is 108 Å². The molecule has 0 aliphatic rings. The number of methoxy groups -OCH3 is 1. The zero-order valence-corrected chi connectivity index (χ0v) is 16.9. The smallest absolute Gasteiger partial charge is 0.307 e. The van der Waals surface area contributed by atoms with Crippen molar-refractivity contribution in [3.05, 3.63) is 43.7 Å². The van der Waals surface area contributed by atoms with E-state index in [1.165, 1.54) is 34.0 Å². The first kappa shape index (κ1) is 19.2. The lowest BCUT2D eigenvalue weighted by Gasteiger charge is -2.16. The molecule has 3 rings (SSSR count). The lowest BCUT2D eigenvalue weighted by molar-refractivity contribution is -0.141. The quantitative estimate of drug-likeness (QED) is 0.564. The summed E-state index contributed by atoms with van der Waals surface area (Å²) in [5, 5.41) is 9.04. The number of aryl methyl sites for hydroxylation is 1. The fourth-order valence-electron chi connectivity index (χ4n) is 2.61. The van der Waals surface area contributed by atoms with Gasteiger partial charge in [-0.15, -0.1) is 11.3 Å². The minimum Gasteiger partial charge on any atom is -0.469 e. The van der Waals surface area contributed by atoms with Gasteiger partial charge < -0.3 is 10.1 Å². The fraction of sp³-hybridized carbons (Fsp3) is 0.312. The van der Waals surface area contributed by atoms with Crippen LogP contribution >= 0.6 is 27.3 Å². The number of esters is 1. The van der Waals surface area contributed by atoms with E-state index in [-0.39, 0.29) is 18.5 Å². The van der Waals surface area contributed by atoms with Gasteiger partial charge >= 0.3 is 5.97 Å². The van der Waals surface area contributed by atoms with Gasteiger partial charge in [-0.25, -0.2) is 9.67 Å². The van der Waals surface area contributed by atoms with E-state index in [1.54, 1.807) is 7.05 Å². The van der Waals surface area contributed by atoms with Crippen molar-refractivity contribution in [2.75, 3.05) is 7.11 Å². The third-order valence-electron chi connectivity index (χ3n) is 3.90. The molecule has 0 aromatic carbocycles. The first-order chi connectivity index (χ1) is 12.9. The molecule has 27 heavy (non-hydrogen) atoms. The largest absolute Gasteiger partial charge is 0.469 e. The van der Waals surface area contributed by atoms with E-state index >= 15 is 0 Å². The van der Waals surface area contributed by atoms with Crippen molar-refractivity contribution in [2.45, 2.75) is 19.0 Å². The van der Waals surface area contributed by atoms with Crippen molar-refractivity contribution >= 4 is 50.2 Å². The molecule has 3 aromatic heterocycles. The molecule has 0 radical (unpaired) electrons. The van der Waals surface area contributed by atoms with Crippen LogP contribution in [0.4, 0.5) is 0 Å². The van der Waals surface area contributed by atoms with E-state index in [1.807, 2.05) is 17.5 Å². The maximum Gasteiger partial charge on any atom is 0.307 e. The Morgan fingerprint density at radius 2 is 2.22 bits per heavy atom. The number of nitrogens with zero attached hydrogens (tertiary/aromatic N) is 4. The molecule has 3 heterocycles. The van der Waals surface area contributed by atoms with Gasteiger partial charge in [-0.05, 0) is 27.4 Å². The number of amides is 1. The minimum atomic E-state index is -0.525. The van der Waals surface area contributed by atoms with Gasteiger partial charge in [-0.1, -0.05) is 6.07 Å². The summed E-state index contributed by atoms with van der Waals surface area (Å²) in [6.07, 6.45) is 1.31. The van der Waals surface area contributed by atoms with Crippen molar-refractivity contribution in [1.82, 2.24) is 24.6 Å². The Morgan fingerprint density at radius 1 is 1.44 bits per heavy atom. The van der Waals surface area contributed by atoms with E-state index < -0.39 is 17.9 Å². The SMILES string of the molecule is COC(=O)CC(NC(=O)Cn1cnc2c(c(Br)nn2C)c1=O)c1cccs1. The van der Waals surface area contributed by atoms with E-state index in [9.17, 15) is 14.4 Å². The van der Waals surface area contributed by atoms with Gasteiger partial charge in [0.1, 0.15) is 22.9 Å². The van der Waals surface area contributed by atoms with Crippen LogP contribution in [-0.2, 0) is 27.9 Å². The van der Waals surface area contributed by atoms with E-state index in [0.29, 0.717) is 15.6 Å². The second-order valence-electron chi connectivity index (χ2n) is 5.71. The van der Waals surface area contributed by atoms with Crippen molar-refractivity contribution in [3.63, 3.8) is 0 Å². The molecular weight excluding hydrogens is 438 g/mol. The van der Waals surface area contributed by atoms with Crippen molar-refractivity contribution in [1.29, 1.82) is 0 Å². The van der Waals surface area contributed by atoms with Gasteiger partial charge in [-0.3, -0.25) is 19.0 Å². The molecular formula is C16H16BrN5O4S. The van der Waals surface area contributed by atoms with Crippen LogP contribution in [0.2, 0.25) is 0 Å². The third kappa shape index (κ3) is 4.08. The standard InChI is InChI=1S/C16H16BrN5O4S/c1-21-15-13(14(17)20-21)16(25)22(8-18-15)7-11(23)19-9(6-12(24)26-2)10-4-3-5-27-10/h3-5,8-9H,6-7H2,1-2H3,(H,19,23). The number of carbonyl (C=O) groups excluding carboxylic acids is 2. The number of ether oxygens (including phenoxy) is 1. The van der Waals surface area contributed by atoms with Crippen molar-refractivity contribution < 1.29 is 14.3 Å². The molecule has 1 N–H and O–H groups in total. The van der Waals surface area contributed by atoms with Gasteiger partial charge in [0.05, 0.1) is 19.6 Å². The number of nitrogens with one attached hydrogen (secondary N) is 1. The highest BCUT2D eigenvalue weighted by atomic mass is 79.9. The van der Waals surface area contributed by atoms with Crippen LogP contribution in [0.1, 0.15) is 17.3 Å². The summed E-state index contributed by atoms with van der Waals surface area (Å²) in [7, 11) is 2.97. The Kier molecular flexibility index (Phi) is 5.71. The summed E-state index contributed by atoms with van der Waals surface area (Å²) < 4.78 is 7.75. The van der Waals surface area contributed by atoms with Crippen LogP contribution in [-0.4, -0.2) is 38.3 Å². The Hall–Kier alpha value is -2.53. The van der Waals surface area contributed by atoms with Gasteiger partial charge in [0, 0.05) is 11.9 Å². The molecule has 1 amide bonds. The summed E-state index contributed by atoms with van der Waals surface area (Å²) in [5.41, 5.74) is 0.0430. The normalized spacial score (nSPS) is 12.1. The molecule has 11 heteroatoms. The summed E-state index contributed by atoms with van der Waals surface area (Å²) in [6.45, 7) is -0.230. The Balaban J connectivity index is 1.81. The highest BCUT2D eigenvalue weighted by Crippen LogP contribution is 2.22. The maximum absolute atomic E-state index is 12.6. The number of aromatic nitrogens is 4. The van der Waals surface area contributed by atoms with E-state index in [4.69, 9.17) is 4.74 Å². The molecule has 0 spiro atoms. The van der Waals surface area contributed by atoms with Gasteiger partial charge in [0.15, 0.2) is 5.65 Å². The van der Waals surface area contributed by atoms with Crippen molar-refractivity contribution in [2.24, 2.45) is 7.05 Å². The second-order valence-corrected chi connectivity index (χ2v) is 7.44. The number of carbonyl (C=O) groups is 2. The minimum absolute atomic E-state index is 0.00307. The molecule has 1 atom stereocenters. The highest BCUT2D eigenvalue weighted by Gasteiger charge is 2.21. The van der Waals surface area contributed by atoms with Crippen LogP contribution in [0.25, 0.3) is 11.0 Å². The fourth-order valence-corrected chi connectivity index (χ4v) is 3.97. The Labute approximate surface area is 166 Å². The molecule has 0 fully saturated rings. The van der Waals surface area contributed by atoms with Crippen LogP contribution < -0.4 is 10.9 Å². The zero-order valence-electron chi connectivity index (χ0n) is 14.5. The molecule has 0 saturated heterocycles. The monoisotopic (exact) mass is 453 g/mol. The average molecular weight is 454 g/mol. The first-order valence-corrected chi connectivity index (χ1v) is 9.55. The predicted octanol–water partition coefficient (Wildman–Crippen LogP) is 1.37. The Bertz CT molecular complexity index is 1040. The number of rotatable bonds is 6. The molecule has 3 aromatic rings. The number of hydrogen-bond acceptors (Lipinski definition) is 7. The lowest BCUT2D eigenvalue weighted by atomic mass is 10.1. The summed E-state index contributed by atoms with van der Waals surface area (Å²) >= 11 is 4.66. The number of hydrogen-bond donors (Lipinski definition) is 1. The van der Waals surface area contributed by atoms with E-state index in [0.717, 1.165) is 4.88 Å². The zero-order chi connectivity index (χ0) is 19.6. The summed E-state index contributed by atoms with van der Waals surface area (Å²) in [6, 6.07) is 3.13. The maximum atomic E-state index is 12.6. The molecule has 0 bridgehead atoms. The summed E-state index contributed by atoms with van der Waals surface area (Å²) in [5.74, 6) is -0.853. The van der Waals surface area contributed by atoms with Crippen LogP contribution in [0.15, 0.2) is 33.2 Å². The molecule has 9 nitrogen and oxygen atoms in total. The highest BCUT2D eigenvalue weighted by molar-refractivity contribution is 9.10. The number of fused-ring (bicyclic) bond motifs is 1. The third-order valence-corrected chi connectivity index (χ3v) is 5.44. The van der Waals surface area contributed by atoms with Gasteiger partial charge in [-0.2, -0.15) is 5.10 Å². The van der Waals surface area contributed by atoms with Gasteiger partial charge in [0.2, 0.25) is 5.91 Å². The van der Waals surface area contributed by atoms with Crippen LogP contribution in [0.3, 0.4) is 0 Å². The van der Waals surface area contributed by atoms with E-state index in [2.05, 4.69) is 31.3 Å².